The number of rotatable bonds is 8. The molecule has 0 aromatic carbocycles. The third-order valence-electron chi connectivity index (χ3n) is 3.63. The van der Waals surface area contributed by atoms with Crippen LogP contribution in [0.4, 0.5) is 5.95 Å². The number of hydrogen-bond acceptors (Lipinski definition) is 4. The summed E-state index contributed by atoms with van der Waals surface area (Å²) in [7, 11) is 0. The third kappa shape index (κ3) is 5.05. The maximum atomic E-state index is 5.49. The largest absolute Gasteiger partial charge is 0.478 e. The maximum absolute atomic E-state index is 5.49. The molecule has 19 heavy (non-hydrogen) atoms. The predicted octanol–water partition coefficient (Wildman–Crippen LogP) is 3.65. The van der Waals surface area contributed by atoms with Crippen LogP contribution >= 0.6 is 0 Å². The minimum Gasteiger partial charge on any atom is -0.478 e. The molecule has 1 aromatic rings. The van der Waals surface area contributed by atoms with Crippen LogP contribution in [0.2, 0.25) is 0 Å². The van der Waals surface area contributed by atoms with Crippen molar-refractivity contribution in [3.05, 3.63) is 12.3 Å². The SMILES string of the molecule is CCCOc1ccnc(NCCCC2CCCC2)n1. The van der Waals surface area contributed by atoms with Gasteiger partial charge in [-0.3, -0.25) is 0 Å². The molecule has 0 unspecified atom stereocenters. The smallest absolute Gasteiger partial charge is 0.225 e. The molecule has 0 amide bonds. The van der Waals surface area contributed by atoms with Gasteiger partial charge in [-0.1, -0.05) is 32.6 Å². The highest BCUT2D eigenvalue weighted by Gasteiger charge is 2.13. The second-order valence-electron chi connectivity index (χ2n) is 5.29. The van der Waals surface area contributed by atoms with E-state index < -0.39 is 0 Å². The second kappa shape index (κ2) is 7.97. The maximum Gasteiger partial charge on any atom is 0.225 e. The average molecular weight is 263 g/mol. The lowest BCUT2D eigenvalue weighted by Gasteiger charge is -2.10. The summed E-state index contributed by atoms with van der Waals surface area (Å²) < 4.78 is 5.49. The fourth-order valence-corrected chi connectivity index (χ4v) is 2.60. The van der Waals surface area contributed by atoms with Crippen LogP contribution in [-0.4, -0.2) is 23.1 Å². The third-order valence-corrected chi connectivity index (χ3v) is 3.63. The van der Waals surface area contributed by atoms with E-state index in [0.717, 1.165) is 18.9 Å². The Morgan fingerprint density at radius 1 is 1.37 bits per heavy atom. The first-order valence-electron chi connectivity index (χ1n) is 7.58. The Hall–Kier alpha value is -1.32. The van der Waals surface area contributed by atoms with Crippen molar-refractivity contribution in [2.45, 2.75) is 51.9 Å². The Morgan fingerprint density at radius 3 is 3.00 bits per heavy atom. The lowest BCUT2D eigenvalue weighted by Crippen LogP contribution is -2.08. The standard InChI is InChI=1S/C15H25N3O/c1-2-12-19-14-9-11-17-15(18-14)16-10-5-8-13-6-3-4-7-13/h9,11,13H,2-8,10,12H2,1H3,(H,16,17,18). The summed E-state index contributed by atoms with van der Waals surface area (Å²) in [5.41, 5.74) is 0. The van der Waals surface area contributed by atoms with Gasteiger partial charge >= 0.3 is 0 Å². The van der Waals surface area contributed by atoms with Crippen molar-refractivity contribution in [2.24, 2.45) is 5.92 Å². The van der Waals surface area contributed by atoms with Crippen molar-refractivity contribution in [1.29, 1.82) is 0 Å². The Labute approximate surface area is 116 Å². The van der Waals surface area contributed by atoms with Crippen molar-refractivity contribution in [3.8, 4) is 5.88 Å². The molecule has 1 fully saturated rings. The average Bonchev–Trinajstić information content (AvgIpc) is 2.95. The van der Waals surface area contributed by atoms with Gasteiger partial charge in [-0.2, -0.15) is 4.98 Å². The van der Waals surface area contributed by atoms with Crippen LogP contribution in [0.5, 0.6) is 5.88 Å². The van der Waals surface area contributed by atoms with E-state index in [9.17, 15) is 0 Å². The highest BCUT2D eigenvalue weighted by atomic mass is 16.5. The molecule has 1 aromatic heterocycles. The molecule has 1 heterocycles. The molecule has 1 N–H and O–H groups in total. The first-order valence-corrected chi connectivity index (χ1v) is 7.58. The number of hydrogen-bond donors (Lipinski definition) is 1. The van der Waals surface area contributed by atoms with Crippen LogP contribution in [-0.2, 0) is 0 Å². The van der Waals surface area contributed by atoms with Gasteiger partial charge in [0.05, 0.1) is 6.61 Å². The van der Waals surface area contributed by atoms with E-state index >= 15 is 0 Å². The van der Waals surface area contributed by atoms with E-state index in [2.05, 4.69) is 22.2 Å². The number of nitrogens with zero attached hydrogens (tertiary/aromatic N) is 2. The highest BCUT2D eigenvalue weighted by Crippen LogP contribution is 2.28. The lowest BCUT2D eigenvalue weighted by molar-refractivity contribution is 0.305. The van der Waals surface area contributed by atoms with Crippen molar-refractivity contribution in [1.82, 2.24) is 9.97 Å². The lowest BCUT2D eigenvalue weighted by atomic mass is 10.0. The van der Waals surface area contributed by atoms with Crippen LogP contribution in [0.3, 0.4) is 0 Å². The molecule has 0 radical (unpaired) electrons. The molecule has 2 rings (SSSR count). The van der Waals surface area contributed by atoms with E-state index in [1.807, 2.05) is 0 Å². The predicted molar refractivity (Wildman–Crippen MR) is 77.5 cm³/mol. The Bertz CT molecular complexity index is 364. The molecule has 4 nitrogen and oxygen atoms in total. The zero-order valence-corrected chi connectivity index (χ0v) is 11.9. The molecular formula is C15H25N3O. The summed E-state index contributed by atoms with van der Waals surface area (Å²) in [6.45, 7) is 3.75. The fraction of sp³-hybridized carbons (Fsp3) is 0.733. The van der Waals surface area contributed by atoms with Crippen molar-refractivity contribution in [3.63, 3.8) is 0 Å². The molecule has 0 saturated heterocycles. The minimum absolute atomic E-state index is 0.662. The molecule has 1 aliphatic rings. The topological polar surface area (TPSA) is 47.0 Å². The van der Waals surface area contributed by atoms with Crippen molar-refractivity contribution >= 4 is 5.95 Å². The molecule has 4 heteroatoms. The molecular weight excluding hydrogens is 238 g/mol. The van der Waals surface area contributed by atoms with Crippen LogP contribution in [0.1, 0.15) is 51.9 Å². The molecule has 1 saturated carbocycles. The van der Waals surface area contributed by atoms with Crippen LogP contribution in [0.25, 0.3) is 0 Å². The molecule has 0 atom stereocenters. The fourth-order valence-electron chi connectivity index (χ4n) is 2.60. The second-order valence-corrected chi connectivity index (χ2v) is 5.29. The Morgan fingerprint density at radius 2 is 2.21 bits per heavy atom. The van der Waals surface area contributed by atoms with Gasteiger partial charge in [-0.25, -0.2) is 4.98 Å². The number of nitrogens with one attached hydrogen (secondary N) is 1. The Balaban J connectivity index is 1.66. The van der Waals surface area contributed by atoms with Crippen molar-refractivity contribution in [2.75, 3.05) is 18.5 Å². The summed E-state index contributed by atoms with van der Waals surface area (Å²) in [6.07, 6.45) is 11.0. The van der Waals surface area contributed by atoms with E-state index in [0.29, 0.717) is 18.4 Å². The van der Waals surface area contributed by atoms with Gasteiger partial charge in [0.1, 0.15) is 0 Å². The first kappa shape index (κ1) is 14.1. The summed E-state index contributed by atoms with van der Waals surface area (Å²) in [5, 5.41) is 3.28. The highest BCUT2D eigenvalue weighted by molar-refractivity contribution is 5.27. The van der Waals surface area contributed by atoms with Crippen LogP contribution in [0, 0.1) is 5.92 Å². The van der Waals surface area contributed by atoms with Gasteiger partial charge in [0, 0.05) is 18.8 Å². The summed E-state index contributed by atoms with van der Waals surface area (Å²) in [4.78, 5) is 8.55. The number of aromatic nitrogens is 2. The molecule has 106 valence electrons. The number of ether oxygens (including phenoxy) is 1. The number of anilines is 1. The van der Waals surface area contributed by atoms with E-state index in [-0.39, 0.29) is 0 Å². The quantitative estimate of drug-likeness (QED) is 0.727. The first-order chi connectivity index (χ1) is 9.38. The zero-order valence-electron chi connectivity index (χ0n) is 11.9. The van der Waals surface area contributed by atoms with Gasteiger partial charge in [-0.15, -0.1) is 0 Å². The monoisotopic (exact) mass is 263 g/mol. The summed E-state index contributed by atoms with van der Waals surface area (Å²) in [5.74, 6) is 2.30. The van der Waals surface area contributed by atoms with Gasteiger partial charge < -0.3 is 10.1 Å². The van der Waals surface area contributed by atoms with Gasteiger partial charge in [-0.05, 0) is 25.2 Å². The van der Waals surface area contributed by atoms with Gasteiger partial charge in [0.25, 0.3) is 0 Å². The van der Waals surface area contributed by atoms with Gasteiger partial charge in [0.2, 0.25) is 11.8 Å². The van der Waals surface area contributed by atoms with Crippen molar-refractivity contribution < 1.29 is 4.74 Å². The van der Waals surface area contributed by atoms with E-state index in [1.54, 1.807) is 12.3 Å². The molecule has 0 bridgehead atoms. The van der Waals surface area contributed by atoms with E-state index in [4.69, 9.17) is 4.74 Å². The molecule has 0 spiro atoms. The van der Waals surface area contributed by atoms with E-state index in [1.165, 1.54) is 38.5 Å². The normalized spacial score (nSPS) is 15.6. The Kier molecular flexibility index (Phi) is 5.92. The zero-order chi connectivity index (χ0) is 13.3. The molecule has 1 aliphatic carbocycles. The molecule has 0 aliphatic heterocycles. The summed E-state index contributed by atoms with van der Waals surface area (Å²) in [6, 6.07) is 1.80. The minimum atomic E-state index is 0.662. The van der Waals surface area contributed by atoms with Crippen LogP contribution < -0.4 is 10.1 Å². The van der Waals surface area contributed by atoms with Crippen LogP contribution in [0.15, 0.2) is 12.3 Å². The summed E-state index contributed by atoms with van der Waals surface area (Å²) >= 11 is 0. The van der Waals surface area contributed by atoms with Gasteiger partial charge in [0.15, 0.2) is 0 Å².